The van der Waals surface area contributed by atoms with Gasteiger partial charge < -0.3 is 5.11 Å². The third kappa shape index (κ3) is 2.74. The number of aliphatic hydroxyl groups excluding tert-OH is 1. The Balaban J connectivity index is 3.20. The van der Waals surface area contributed by atoms with Gasteiger partial charge >= 0.3 is 18.0 Å². The van der Waals surface area contributed by atoms with E-state index in [0.717, 1.165) is 12.1 Å². The number of rotatable bonds is 4. The molecule has 0 radical (unpaired) electrons. The molecule has 114 valence electrons. The highest BCUT2D eigenvalue weighted by Gasteiger charge is 2.75. The molecule has 1 aromatic rings. The number of alkyl halides is 7. The maximum Gasteiger partial charge on any atom is 0.459 e. The Hall–Kier alpha value is -1.31. The van der Waals surface area contributed by atoms with Gasteiger partial charge in [-0.1, -0.05) is 31.2 Å². The molecule has 1 N–H and O–H groups in total. The number of halogens is 7. The fraction of sp³-hybridized carbons (Fsp3) is 0.500. The van der Waals surface area contributed by atoms with E-state index < -0.39 is 29.7 Å². The summed E-state index contributed by atoms with van der Waals surface area (Å²) in [6, 6.07) is 4.49. The first-order valence-corrected chi connectivity index (χ1v) is 5.54. The van der Waals surface area contributed by atoms with Crippen LogP contribution in [-0.4, -0.2) is 23.1 Å². The number of hydrogen-bond donors (Lipinski definition) is 1. The van der Waals surface area contributed by atoms with Crippen molar-refractivity contribution in [3.8, 4) is 0 Å². The molecule has 1 rings (SSSR count). The highest BCUT2D eigenvalue weighted by molar-refractivity contribution is 5.27. The second-order valence-corrected chi connectivity index (χ2v) is 4.20. The summed E-state index contributed by atoms with van der Waals surface area (Å²) in [5.41, 5.74) is -0.272. The van der Waals surface area contributed by atoms with Crippen LogP contribution in [-0.2, 0) is 6.42 Å². The lowest BCUT2D eigenvalue weighted by Gasteiger charge is -2.31. The van der Waals surface area contributed by atoms with Crippen molar-refractivity contribution in [1.82, 2.24) is 0 Å². The maximum absolute atomic E-state index is 13.3. The molecule has 20 heavy (non-hydrogen) atoms. The molecule has 0 saturated carbocycles. The van der Waals surface area contributed by atoms with Gasteiger partial charge in [0.2, 0.25) is 0 Å². The van der Waals surface area contributed by atoms with Crippen LogP contribution in [0.3, 0.4) is 0 Å². The summed E-state index contributed by atoms with van der Waals surface area (Å²) in [6.45, 7) is 1.63. The maximum atomic E-state index is 13.3. The first kappa shape index (κ1) is 16.7. The van der Waals surface area contributed by atoms with E-state index in [2.05, 4.69) is 0 Å². The predicted octanol–water partition coefficient (Wildman–Crippen LogP) is 4.12. The van der Waals surface area contributed by atoms with E-state index in [-0.39, 0.29) is 0 Å². The molecular formula is C12H11F7O. The van der Waals surface area contributed by atoms with Gasteiger partial charge in [0.15, 0.2) is 0 Å². The Labute approximate surface area is 110 Å². The molecule has 0 aromatic heterocycles. The van der Waals surface area contributed by atoms with E-state index in [1.165, 1.54) is 12.1 Å². The molecule has 1 nitrogen and oxygen atoms in total. The predicted molar refractivity (Wildman–Crippen MR) is 56.7 cm³/mol. The van der Waals surface area contributed by atoms with Crippen molar-refractivity contribution in [1.29, 1.82) is 0 Å². The van der Waals surface area contributed by atoms with Gasteiger partial charge in [0.1, 0.15) is 6.10 Å². The van der Waals surface area contributed by atoms with Crippen LogP contribution in [0.1, 0.15) is 24.2 Å². The van der Waals surface area contributed by atoms with Gasteiger partial charge in [-0.15, -0.1) is 0 Å². The van der Waals surface area contributed by atoms with E-state index in [1.807, 2.05) is 0 Å². The minimum absolute atomic E-state index is 0.349. The van der Waals surface area contributed by atoms with Crippen LogP contribution in [0.25, 0.3) is 0 Å². The number of aliphatic hydroxyl groups is 1. The van der Waals surface area contributed by atoms with Gasteiger partial charge in [0.25, 0.3) is 0 Å². The van der Waals surface area contributed by atoms with Crippen molar-refractivity contribution in [3.63, 3.8) is 0 Å². The van der Waals surface area contributed by atoms with Crippen molar-refractivity contribution < 1.29 is 35.8 Å². The van der Waals surface area contributed by atoms with E-state index in [4.69, 9.17) is 0 Å². The van der Waals surface area contributed by atoms with Crippen molar-refractivity contribution in [2.45, 2.75) is 37.5 Å². The second-order valence-electron chi connectivity index (χ2n) is 4.20. The lowest BCUT2D eigenvalue weighted by Crippen LogP contribution is -2.54. The summed E-state index contributed by atoms with van der Waals surface area (Å²) in [4.78, 5) is 0. The zero-order chi connectivity index (χ0) is 15.8. The van der Waals surface area contributed by atoms with Crippen LogP contribution in [0.15, 0.2) is 24.3 Å². The zero-order valence-corrected chi connectivity index (χ0v) is 10.2. The molecule has 0 aliphatic heterocycles. The summed E-state index contributed by atoms with van der Waals surface area (Å²) in [7, 11) is 0. The largest absolute Gasteiger partial charge is 0.459 e. The van der Waals surface area contributed by atoms with E-state index in [9.17, 15) is 35.8 Å². The van der Waals surface area contributed by atoms with E-state index >= 15 is 0 Å². The van der Waals surface area contributed by atoms with Gasteiger partial charge in [0, 0.05) is 0 Å². The van der Waals surface area contributed by atoms with Crippen LogP contribution in [0.4, 0.5) is 30.7 Å². The zero-order valence-electron chi connectivity index (χ0n) is 10.2. The molecule has 1 atom stereocenters. The Bertz CT molecular complexity index is 467. The Kier molecular flexibility index (Phi) is 4.38. The van der Waals surface area contributed by atoms with Crippen LogP contribution in [0.5, 0.6) is 0 Å². The van der Waals surface area contributed by atoms with Crippen LogP contribution >= 0.6 is 0 Å². The topological polar surface area (TPSA) is 20.2 Å². The second kappa shape index (κ2) is 5.23. The first-order valence-electron chi connectivity index (χ1n) is 5.54. The summed E-state index contributed by atoms with van der Waals surface area (Å²) in [5.74, 6) is -12.0. The van der Waals surface area contributed by atoms with Crippen LogP contribution < -0.4 is 0 Å². The highest BCUT2D eigenvalue weighted by atomic mass is 19.4. The minimum atomic E-state index is -6.46. The number of benzene rings is 1. The monoisotopic (exact) mass is 304 g/mol. The van der Waals surface area contributed by atoms with Crippen molar-refractivity contribution in [2.75, 3.05) is 0 Å². The Morgan fingerprint density at radius 2 is 1.60 bits per heavy atom. The average Bonchev–Trinajstić information content (AvgIpc) is 2.36. The Morgan fingerprint density at radius 1 is 1.05 bits per heavy atom. The summed E-state index contributed by atoms with van der Waals surface area (Å²) < 4.78 is 88.2. The third-order valence-electron chi connectivity index (χ3n) is 2.79. The van der Waals surface area contributed by atoms with E-state index in [0.29, 0.717) is 12.0 Å². The first-order chi connectivity index (χ1) is 8.95. The number of aryl methyl sites for hydroxylation is 1. The molecule has 1 unspecified atom stereocenters. The van der Waals surface area contributed by atoms with Crippen molar-refractivity contribution in [3.05, 3.63) is 35.4 Å². The molecular weight excluding hydrogens is 293 g/mol. The van der Waals surface area contributed by atoms with Gasteiger partial charge in [-0.3, -0.25) is 0 Å². The van der Waals surface area contributed by atoms with Crippen LogP contribution in [0.2, 0.25) is 0 Å². The van der Waals surface area contributed by atoms with Gasteiger partial charge in [-0.2, -0.15) is 30.7 Å². The van der Waals surface area contributed by atoms with E-state index in [1.54, 1.807) is 6.92 Å². The fourth-order valence-electron chi connectivity index (χ4n) is 1.55. The molecule has 1 aromatic carbocycles. The molecule has 0 heterocycles. The third-order valence-corrected chi connectivity index (χ3v) is 2.79. The molecule has 0 bridgehead atoms. The average molecular weight is 304 g/mol. The molecule has 8 heteroatoms. The highest BCUT2D eigenvalue weighted by Crippen LogP contribution is 2.51. The molecule has 0 saturated heterocycles. The standard InChI is InChI=1S/C12H11F7O/c1-2-7-4-3-5-8(6-7)9(20)10(13,14)11(15,16)12(17,18)19/h3-6,9,20H,2H2,1H3. The van der Waals surface area contributed by atoms with Gasteiger partial charge in [-0.25, -0.2) is 0 Å². The summed E-state index contributed by atoms with van der Waals surface area (Å²) in [6.07, 6.45) is -9.37. The summed E-state index contributed by atoms with van der Waals surface area (Å²) in [5, 5.41) is 9.24. The molecule has 0 amide bonds. The molecule has 0 fully saturated rings. The smallest absolute Gasteiger partial charge is 0.382 e. The fourth-order valence-corrected chi connectivity index (χ4v) is 1.55. The lowest BCUT2D eigenvalue weighted by molar-refractivity contribution is -0.372. The minimum Gasteiger partial charge on any atom is -0.382 e. The normalized spacial score (nSPS) is 15.2. The van der Waals surface area contributed by atoms with Gasteiger partial charge in [-0.05, 0) is 17.5 Å². The Morgan fingerprint density at radius 3 is 2.05 bits per heavy atom. The van der Waals surface area contributed by atoms with Gasteiger partial charge in [0.05, 0.1) is 0 Å². The van der Waals surface area contributed by atoms with Crippen LogP contribution in [0, 0.1) is 0 Å². The quantitative estimate of drug-likeness (QED) is 0.830. The SMILES string of the molecule is CCc1cccc(C(O)C(F)(F)C(F)(F)C(F)(F)F)c1. The van der Waals surface area contributed by atoms with Crippen molar-refractivity contribution in [2.24, 2.45) is 0 Å². The summed E-state index contributed by atoms with van der Waals surface area (Å²) >= 11 is 0. The molecule has 0 aliphatic carbocycles. The van der Waals surface area contributed by atoms with Crippen molar-refractivity contribution >= 4 is 0 Å². The molecule has 0 aliphatic rings. The molecule has 0 spiro atoms. The lowest BCUT2D eigenvalue weighted by atomic mass is 9.96. The number of hydrogen-bond acceptors (Lipinski definition) is 1.